The predicted octanol–water partition coefficient (Wildman–Crippen LogP) is 3.80. The summed E-state index contributed by atoms with van der Waals surface area (Å²) in [5, 5.41) is 5.51. The van der Waals surface area contributed by atoms with Gasteiger partial charge in [-0.3, -0.25) is 4.79 Å². The van der Waals surface area contributed by atoms with Crippen LogP contribution in [0.5, 0.6) is 0 Å². The van der Waals surface area contributed by atoms with Crippen LogP contribution in [0.3, 0.4) is 0 Å². The summed E-state index contributed by atoms with van der Waals surface area (Å²) in [7, 11) is -3.17. The molecular weight excluding hydrogens is 356 g/mol. The molecule has 1 amide bonds. The van der Waals surface area contributed by atoms with Crippen molar-refractivity contribution >= 4 is 32.8 Å². The Bertz CT molecular complexity index is 853. The van der Waals surface area contributed by atoms with Crippen molar-refractivity contribution in [3.05, 3.63) is 34.7 Å². The minimum absolute atomic E-state index is 0.00112. The molecule has 134 valence electrons. The molecule has 0 bridgehead atoms. The molecule has 1 aliphatic rings. The summed E-state index contributed by atoms with van der Waals surface area (Å²) in [5.41, 5.74) is 2.47. The fourth-order valence-corrected chi connectivity index (χ4v) is 5.60. The van der Waals surface area contributed by atoms with E-state index in [1.807, 2.05) is 30.5 Å². The van der Waals surface area contributed by atoms with Gasteiger partial charge in [0.05, 0.1) is 21.7 Å². The molecule has 0 unspecified atom stereocenters. The minimum atomic E-state index is -3.17. The van der Waals surface area contributed by atoms with Crippen molar-refractivity contribution in [1.29, 1.82) is 0 Å². The van der Waals surface area contributed by atoms with Gasteiger partial charge in [0.15, 0.2) is 9.84 Å². The molecule has 1 aromatic carbocycles. The molecule has 1 fully saturated rings. The Labute approximate surface area is 152 Å². The lowest BCUT2D eigenvalue weighted by Gasteiger charge is -2.11. The van der Waals surface area contributed by atoms with Gasteiger partial charge in [-0.15, -0.1) is 11.3 Å². The zero-order valence-electron chi connectivity index (χ0n) is 14.2. The number of nitrogens with zero attached hydrogens (tertiary/aromatic N) is 1. The normalized spacial score (nSPS) is 15.4. The molecule has 7 heteroatoms. The highest BCUT2D eigenvalue weighted by Crippen LogP contribution is 2.26. The number of aromatic nitrogens is 1. The summed E-state index contributed by atoms with van der Waals surface area (Å²) in [4.78, 5) is 16.6. The third kappa shape index (κ3) is 4.67. The summed E-state index contributed by atoms with van der Waals surface area (Å²) >= 11 is 1.58. The first-order chi connectivity index (χ1) is 11.9. The number of sulfone groups is 1. The van der Waals surface area contributed by atoms with Crippen LogP contribution in [0, 0.1) is 6.92 Å². The third-order valence-corrected chi connectivity index (χ3v) is 7.52. The van der Waals surface area contributed by atoms with Crippen molar-refractivity contribution < 1.29 is 13.2 Å². The number of aryl methyl sites for hydroxylation is 1. The second kappa shape index (κ2) is 7.66. The van der Waals surface area contributed by atoms with Gasteiger partial charge in [0.25, 0.3) is 0 Å². The van der Waals surface area contributed by atoms with E-state index in [0.29, 0.717) is 5.69 Å². The number of rotatable bonds is 6. The van der Waals surface area contributed by atoms with Crippen molar-refractivity contribution in [2.75, 3.05) is 11.1 Å². The molecule has 2 aromatic rings. The monoisotopic (exact) mass is 378 g/mol. The van der Waals surface area contributed by atoms with Crippen molar-refractivity contribution in [3.8, 4) is 11.3 Å². The fourth-order valence-electron chi connectivity index (χ4n) is 3.12. The third-order valence-electron chi connectivity index (χ3n) is 4.48. The van der Waals surface area contributed by atoms with E-state index >= 15 is 0 Å². The molecule has 3 rings (SSSR count). The van der Waals surface area contributed by atoms with Crippen LogP contribution in [0.25, 0.3) is 11.3 Å². The molecule has 0 aliphatic heterocycles. The van der Waals surface area contributed by atoms with Gasteiger partial charge in [-0.25, -0.2) is 13.4 Å². The summed E-state index contributed by atoms with van der Waals surface area (Å²) < 4.78 is 24.5. The number of carbonyl (C=O) groups is 1. The molecule has 0 saturated heterocycles. The second-order valence-corrected chi connectivity index (χ2v) is 9.87. The van der Waals surface area contributed by atoms with Crippen LogP contribution in [0.4, 0.5) is 5.69 Å². The highest BCUT2D eigenvalue weighted by atomic mass is 32.2. The van der Waals surface area contributed by atoms with E-state index in [0.717, 1.165) is 41.9 Å². The lowest BCUT2D eigenvalue weighted by Crippen LogP contribution is -2.24. The molecule has 1 aromatic heterocycles. The van der Waals surface area contributed by atoms with E-state index < -0.39 is 9.84 Å². The van der Waals surface area contributed by atoms with Gasteiger partial charge in [-0.05, 0) is 31.9 Å². The topological polar surface area (TPSA) is 76.1 Å². The first-order valence-corrected chi connectivity index (χ1v) is 11.1. The van der Waals surface area contributed by atoms with Crippen molar-refractivity contribution in [2.45, 2.75) is 44.3 Å². The summed E-state index contributed by atoms with van der Waals surface area (Å²) in [5.74, 6) is -0.345. The van der Waals surface area contributed by atoms with E-state index in [2.05, 4.69) is 10.3 Å². The molecule has 0 atom stereocenters. The van der Waals surface area contributed by atoms with E-state index in [-0.39, 0.29) is 23.3 Å². The Morgan fingerprint density at radius 2 is 2.08 bits per heavy atom. The Morgan fingerprint density at radius 1 is 1.32 bits per heavy atom. The van der Waals surface area contributed by atoms with E-state index in [1.54, 1.807) is 17.4 Å². The van der Waals surface area contributed by atoms with E-state index in [9.17, 15) is 13.2 Å². The first kappa shape index (κ1) is 18.1. The van der Waals surface area contributed by atoms with Crippen molar-refractivity contribution in [2.24, 2.45) is 0 Å². The molecule has 25 heavy (non-hydrogen) atoms. The van der Waals surface area contributed by atoms with Crippen LogP contribution in [-0.4, -0.2) is 30.3 Å². The lowest BCUT2D eigenvalue weighted by atomic mass is 10.1. The van der Waals surface area contributed by atoms with Gasteiger partial charge in [-0.1, -0.05) is 25.0 Å². The summed E-state index contributed by atoms with van der Waals surface area (Å²) in [6.07, 6.45) is 3.41. The van der Waals surface area contributed by atoms with Crippen LogP contribution >= 0.6 is 11.3 Å². The predicted molar refractivity (Wildman–Crippen MR) is 102 cm³/mol. The molecule has 1 aliphatic carbocycles. The SMILES string of the molecule is Cc1nc(-c2cccc(NC(=O)CCS(=O)(=O)C3CCCC3)c2)cs1. The summed E-state index contributed by atoms with van der Waals surface area (Å²) in [6.45, 7) is 1.95. The van der Waals surface area contributed by atoms with Crippen LogP contribution in [0.1, 0.15) is 37.1 Å². The van der Waals surface area contributed by atoms with Gasteiger partial charge in [0.2, 0.25) is 5.91 Å². The number of amides is 1. The number of hydrogen-bond acceptors (Lipinski definition) is 5. The van der Waals surface area contributed by atoms with Gasteiger partial charge in [-0.2, -0.15) is 0 Å². The van der Waals surface area contributed by atoms with Gasteiger partial charge in [0, 0.05) is 23.1 Å². The maximum Gasteiger partial charge on any atom is 0.225 e. The van der Waals surface area contributed by atoms with Crippen LogP contribution in [0.2, 0.25) is 0 Å². The van der Waals surface area contributed by atoms with E-state index in [4.69, 9.17) is 0 Å². The highest BCUT2D eigenvalue weighted by molar-refractivity contribution is 7.92. The number of hydrogen-bond donors (Lipinski definition) is 1. The number of anilines is 1. The molecular formula is C18H22N2O3S2. The van der Waals surface area contributed by atoms with Crippen LogP contribution in [0.15, 0.2) is 29.6 Å². The molecule has 0 spiro atoms. The van der Waals surface area contributed by atoms with Gasteiger partial charge >= 0.3 is 0 Å². The number of thiazole rings is 1. The standard InChI is InChI=1S/C18H22N2O3S2/c1-13-19-17(12-24-13)14-5-4-6-15(11-14)20-18(21)9-10-25(22,23)16-7-2-3-8-16/h4-6,11-12,16H,2-3,7-10H2,1H3,(H,20,21). The largest absolute Gasteiger partial charge is 0.326 e. The maximum absolute atomic E-state index is 12.2. The van der Waals surface area contributed by atoms with Gasteiger partial charge < -0.3 is 5.32 Å². The molecule has 1 saturated carbocycles. The van der Waals surface area contributed by atoms with Crippen molar-refractivity contribution in [1.82, 2.24) is 4.98 Å². The van der Waals surface area contributed by atoms with Crippen molar-refractivity contribution in [3.63, 3.8) is 0 Å². The zero-order valence-corrected chi connectivity index (χ0v) is 15.8. The maximum atomic E-state index is 12.2. The Morgan fingerprint density at radius 3 is 2.76 bits per heavy atom. The highest BCUT2D eigenvalue weighted by Gasteiger charge is 2.28. The fraction of sp³-hybridized carbons (Fsp3) is 0.444. The lowest BCUT2D eigenvalue weighted by molar-refractivity contribution is -0.115. The first-order valence-electron chi connectivity index (χ1n) is 8.48. The Balaban J connectivity index is 1.59. The summed E-state index contributed by atoms with van der Waals surface area (Å²) in [6, 6.07) is 7.45. The van der Waals surface area contributed by atoms with Crippen LogP contribution < -0.4 is 5.32 Å². The minimum Gasteiger partial charge on any atom is -0.326 e. The molecule has 1 N–H and O–H groups in total. The Hall–Kier alpha value is -1.73. The van der Waals surface area contributed by atoms with Gasteiger partial charge in [0.1, 0.15) is 0 Å². The Kier molecular flexibility index (Phi) is 5.54. The van der Waals surface area contributed by atoms with Crippen LogP contribution in [-0.2, 0) is 14.6 Å². The quantitative estimate of drug-likeness (QED) is 0.829. The molecule has 0 radical (unpaired) electrons. The smallest absolute Gasteiger partial charge is 0.225 e. The molecule has 5 nitrogen and oxygen atoms in total. The number of benzene rings is 1. The van der Waals surface area contributed by atoms with E-state index in [1.165, 1.54) is 0 Å². The average molecular weight is 379 g/mol. The number of nitrogens with one attached hydrogen (secondary N) is 1. The average Bonchev–Trinajstić information content (AvgIpc) is 3.25. The zero-order chi connectivity index (χ0) is 17.9. The number of carbonyl (C=O) groups excluding carboxylic acids is 1. The second-order valence-electron chi connectivity index (χ2n) is 6.40. The molecule has 1 heterocycles.